The van der Waals surface area contributed by atoms with Crippen LogP contribution < -0.4 is 5.56 Å². The van der Waals surface area contributed by atoms with Crippen LogP contribution in [0.1, 0.15) is 11.4 Å². The third-order valence-corrected chi connectivity index (χ3v) is 4.24. The average molecular weight is 356 g/mol. The minimum Gasteiger partial charge on any atom is -0.508 e. The summed E-state index contributed by atoms with van der Waals surface area (Å²) in [4.78, 5) is 17.7. The first-order valence-electron chi connectivity index (χ1n) is 8.41. The van der Waals surface area contributed by atoms with Crippen LogP contribution in [0.25, 0.3) is 28.7 Å². The standard InChI is InChI=1S/C22H16N2O3/c25-16-12-9-15(10-13-16)11-14-21-23-18-6-2-1-5-17(18)22(27)24(21)19-7-3-4-8-20(19)26/h1-14,25-26H/b14-11+. The molecule has 0 unspecified atom stereocenters. The molecule has 4 aromatic rings. The van der Waals surface area contributed by atoms with Gasteiger partial charge in [-0.2, -0.15) is 0 Å². The van der Waals surface area contributed by atoms with Gasteiger partial charge in [-0.25, -0.2) is 4.98 Å². The number of aromatic hydroxyl groups is 2. The van der Waals surface area contributed by atoms with E-state index >= 15 is 0 Å². The van der Waals surface area contributed by atoms with Crippen molar-refractivity contribution in [3.8, 4) is 17.2 Å². The number of benzene rings is 3. The van der Waals surface area contributed by atoms with Gasteiger partial charge in [-0.15, -0.1) is 0 Å². The maximum absolute atomic E-state index is 13.1. The average Bonchev–Trinajstić information content (AvgIpc) is 2.69. The number of hydrogen-bond acceptors (Lipinski definition) is 4. The molecule has 5 nitrogen and oxygen atoms in total. The van der Waals surface area contributed by atoms with E-state index in [2.05, 4.69) is 4.98 Å². The Kier molecular flexibility index (Phi) is 4.18. The first-order valence-corrected chi connectivity index (χ1v) is 8.41. The summed E-state index contributed by atoms with van der Waals surface area (Å²) in [5.41, 5.74) is 1.54. The maximum Gasteiger partial charge on any atom is 0.266 e. The van der Waals surface area contributed by atoms with Crippen LogP contribution in [-0.4, -0.2) is 19.8 Å². The van der Waals surface area contributed by atoms with Crippen LogP contribution in [-0.2, 0) is 0 Å². The molecule has 0 radical (unpaired) electrons. The third-order valence-electron chi connectivity index (χ3n) is 4.24. The quantitative estimate of drug-likeness (QED) is 0.582. The third kappa shape index (κ3) is 3.18. The van der Waals surface area contributed by atoms with E-state index in [-0.39, 0.29) is 17.1 Å². The Labute approximate surface area is 155 Å². The fourth-order valence-electron chi connectivity index (χ4n) is 2.90. The molecular formula is C22H16N2O3. The zero-order valence-electron chi connectivity index (χ0n) is 14.3. The van der Waals surface area contributed by atoms with Crippen molar-refractivity contribution >= 4 is 23.1 Å². The lowest BCUT2D eigenvalue weighted by atomic mass is 10.2. The molecule has 1 heterocycles. The normalized spacial score (nSPS) is 11.3. The zero-order valence-corrected chi connectivity index (χ0v) is 14.3. The number of rotatable bonds is 3. The van der Waals surface area contributed by atoms with Gasteiger partial charge in [-0.3, -0.25) is 9.36 Å². The van der Waals surface area contributed by atoms with Crippen molar-refractivity contribution in [1.82, 2.24) is 9.55 Å². The molecule has 5 heteroatoms. The lowest BCUT2D eigenvalue weighted by Crippen LogP contribution is -2.22. The highest BCUT2D eigenvalue weighted by Crippen LogP contribution is 2.22. The second-order valence-electron chi connectivity index (χ2n) is 6.04. The van der Waals surface area contributed by atoms with Gasteiger partial charge in [0.05, 0.1) is 16.6 Å². The molecule has 0 aliphatic heterocycles. The Bertz CT molecular complexity index is 1210. The minimum atomic E-state index is -0.257. The lowest BCUT2D eigenvalue weighted by Gasteiger charge is -2.12. The first-order chi connectivity index (χ1) is 13.1. The summed E-state index contributed by atoms with van der Waals surface area (Å²) in [6.45, 7) is 0. The molecule has 1 aromatic heterocycles. The van der Waals surface area contributed by atoms with Gasteiger partial charge in [0.15, 0.2) is 0 Å². The van der Waals surface area contributed by atoms with Crippen LogP contribution >= 0.6 is 0 Å². The molecule has 0 amide bonds. The highest BCUT2D eigenvalue weighted by Gasteiger charge is 2.13. The fourth-order valence-corrected chi connectivity index (χ4v) is 2.90. The number of fused-ring (bicyclic) bond motifs is 1. The molecule has 0 aliphatic carbocycles. The highest BCUT2D eigenvalue weighted by molar-refractivity contribution is 5.80. The van der Waals surface area contributed by atoms with Crippen molar-refractivity contribution in [2.24, 2.45) is 0 Å². The number of nitrogens with zero attached hydrogens (tertiary/aromatic N) is 2. The van der Waals surface area contributed by atoms with Crippen molar-refractivity contribution in [3.05, 3.63) is 94.5 Å². The Hall–Kier alpha value is -3.86. The molecule has 0 atom stereocenters. The largest absolute Gasteiger partial charge is 0.508 e. The van der Waals surface area contributed by atoms with E-state index in [1.165, 1.54) is 10.6 Å². The van der Waals surface area contributed by atoms with E-state index < -0.39 is 0 Å². The van der Waals surface area contributed by atoms with Gasteiger partial charge in [0.25, 0.3) is 5.56 Å². The van der Waals surface area contributed by atoms with Crippen molar-refractivity contribution in [1.29, 1.82) is 0 Å². The maximum atomic E-state index is 13.1. The van der Waals surface area contributed by atoms with E-state index in [0.717, 1.165) is 5.56 Å². The van der Waals surface area contributed by atoms with E-state index in [4.69, 9.17) is 0 Å². The zero-order chi connectivity index (χ0) is 18.8. The number of hydrogen-bond donors (Lipinski definition) is 2. The summed E-state index contributed by atoms with van der Waals surface area (Å²) < 4.78 is 1.40. The van der Waals surface area contributed by atoms with E-state index in [9.17, 15) is 15.0 Å². The molecule has 3 aromatic carbocycles. The van der Waals surface area contributed by atoms with Crippen molar-refractivity contribution in [2.45, 2.75) is 0 Å². The molecular weight excluding hydrogens is 340 g/mol. The summed E-state index contributed by atoms with van der Waals surface area (Å²) in [5, 5.41) is 20.1. The number of aromatic nitrogens is 2. The molecule has 0 fully saturated rings. The van der Waals surface area contributed by atoms with Crippen LogP contribution in [0, 0.1) is 0 Å². The SMILES string of the molecule is O=c1c2ccccc2nc(/C=C/c2ccc(O)cc2)n1-c1ccccc1O. The lowest BCUT2D eigenvalue weighted by molar-refractivity contribution is 0.471. The van der Waals surface area contributed by atoms with Crippen molar-refractivity contribution in [2.75, 3.05) is 0 Å². The van der Waals surface area contributed by atoms with Crippen LogP contribution in [0.3, 0.4) is 0 Å². The number of phenolic OH excluding ortho intramolecular Hbond substituents is 2. The molecule has 4 rings (SSSR count). The Morgan fingerprint density at radius 1 is 0.815 bits per heavy atom. The molecule has 0 aliphatic rings. The summed E-state index contributed by atoms with van der Waals surface area (Å²) in [6, 6.07) is 20.5. The summed E-state index contributed by atoms with van der Waals surface area (Å²) >= 11 is 0. The van der Waals surface area contributed by atoms with Gasteiger partial charge in [-0.1, -0.05) is 42.5 Å². The monoisotopic (exact) mass is 356 g/mol. The van der Waals surface area contributed by atoms with Crippen LogP contribution in [0.4, 0.5) is 0 Å². The molecule has 132 valence electrons. The Morgan fingerprint density at radius 2 is 1.52 bits per heavy atom. The fraction of sp³-hybridized carbons (Fsp3) is 0. The van der Waals surface area contributed by atoms with Crippen LogP contribution in [0.2, 0.25) is 0 Å². The van der Waals surface area contributed by atoms with Crippen molar-refractivity contribution in [3.63, 3.8) is 0 Å². The predicted molar refractivity (Wildman–Crippen MR) is 106 cm³/mol. The molecule has 0 spiro atoms. The second-order valence-corrected chi connectivity index (χ2v) is 6.04. The molecule has 0 bridgehead atoms. The second kappa shape index (κ2) is 6.80. The van der Waals surface area contributed by atoms with Gasteiger partial charge in [0, 0.05) is 0 Å². The number of para-hydroxylation sites is 3. The Balaban J connectivity index is 1.95. The van der Waals surface area contributed by atoms with Crippen LogP contribution in [0.15, 0.2) is 77.6 Å². The summed E-state index contributed by atoms with van der Waals surface area (Å²) in [5.74, 6) is 0.575. The Morgan fingerprint density at radius 3 is 2.30 bits per heavy atom. The minimum absolute atomic E-state index is 0.00374. The van der Waals surface area contributed by atoms with Gasteiger partial charge < -0.3 is 10.2 Å². The molecule has 27 heavy (non-hydrogen) atoms. The van der Waals surface area contributed by atoms with Gasteiger partial charge in [0.1, 0.15) is 17.3 Å². The molecule has 0 saturated heterocycles. The van der Waals surface area contributed by atoms with E-state index in [1.807, 2.05) is 6.07 Å². The topological polar surface area (TPSA) is 75.3 Å². The number of phenols is 2. The van der Waals surface area contributed by atoms with Crippen molar-refractivity contribution < 1.29 is 10.2 Å². The predicted octanol–water partition coefficient (Wildman–Crippen LogP) is 3.97. The first kappa shape index (κ1) is 16.6. The van der Waals surface area contributed by atoms with Gasteiger partial charge in [0.2, 0.25) is 0 Å². The summed E-state index contributed by atoms with van der Waals surface area (Å²) in [7, 11) is 0. The van der Waals surface area contributed by atoms with E-state index in [0.29, 0.717) is 22.4 Å². The van der Waals surface area contributed by atoms with Gasteiger partial charge in [-0.05, 0) is 48.0 Å². The smallest absolute Gasteiger partial charge is 0.266 e. The molecule has 2 N–H and O–H groups in total. The summed E-state index contributed by atoms with van der Waals surface area (Å²) in [6.07, 6.45) is 3.51. The highest BCUT2D eigenvalue weighted by atomic mass is 16.3. The molecule has 0 saturated carbocycles. The van der Waals surface area contributed by atoms with Gasteiger partial charge >= 0.3 is 0 Å². The van der Waals surface area contributed by atoms with Crippen LogP contribution in [0.5, 0.6) is 11.5 Å². The van der Waals surface area contributed by atoms with E-state index in [1.54, 1.807) is 72.8 Å².